The first-order chi connectivity index (χ1) is 10.2. The van der Waals surface area contributed by atoms with Crippen LogP contribution in [-0.4, -0.2) is 35.5 Å². The van der Waals surface area contributed by atoms with Crippen LogP contribution in [0.25, 0.3) is 0 Å². The van der Waals surface area contributed by atoms with E-state index in [0.29, 0.717) is 0 Å². The Labute approximate surface area is 129 Å². The predicted molar refractivity (Wildman–Crippen MR) is 86.0 cm³/mol. The van der Waals surface area contributed by atoms with Crippen molar-refractivity contribution in [3.8, 4) is 0 Å². The summed E-state index contributed by atoms with van der Waals surface area (Å²) in [5, 5.41) is 10.8. The third kappa shape index (κ3) is 3.41. The van der Waals surface area contributed by atoms with Gasteiger partial charge in [-0.05, 0) is 18.9 Å². The molecule has 1 aromatic heterocycles. The Hall–Kier alpha value is -1.46. The zero-order valence-electron chi connectivity index (χ0n) is 12.6. The standard InChI is InChI=1S/C16H21N3OS/c1-3-16(2)12-19(9-10-20-16)15-18-17-14(21-15)11-13-7-5-4-6-8-13/h4-8H,3,9-12H2,1-2H3. The molecule has 5 heteroatoms. The molecule has 0 bridgehead atoms. The average Bonchev–Trinajstić information content (AvgIpc) is 2.97. The highest BCUT2D eigenvalue weighted by molar-refractivity contribution is 7.15. The van der Waals surface area contributed by atoms with Gasteiger partial charge in [0, 0.05) is 19.5 Å². The molecular formula is C16H21N3OS. The van der Waals surface area contributed by atoms with E-state index in [2.05, 4.69) is 53.2 Å². The van der Waals surface area contributed by atoms with E-state index in [1.165, 1.54) is 5.56 Å². The Bertz CT molecular complexity index is 586. The number of rotatable bonds is 4. The molecule has 1 aromatic carbocycles. The SMILES string of the molecule is CCC1(C)CN(c2nnc(Cc3ccccc3)s2)CCO1. The molecule has 1 unspecified atom stereocenters. The maximum Gasteiger partial charge on any atom is 0.208 e. The molecule has 1 aliphatic heterocycles. The highest BCUT2D eigenvalue weighted by atomic mass is 32.1. The van der Waals surface area contributed by atoms with Gasteiger partial charge >= 0.3 is 0 Å². The summed E-state index contributed by atoms with van der Waals surface area (Å²) < 4.78 is 5.88. The van der Waals surface area contributed by atoms with Gasteiger partial charge in [-0.15, -0.1) is 10.2 Å². The summed E-state index contributed by atoms with van der Waals surface area (Å²) in [7, 11) is 0. The Morgan fingerprint density at radius 2 is 2.10 bits per heavy atom. The Morgan fingerprint density at radius 3 is 2.86 bits per heavy atom. The van der Waals surface area contributed by atoms with Crippen molar-refractivity contribution < 1.29 is 4.74 Å². The maximum atomic E-state index is 5.88. The summed E-state index contributed by atoms with van der Waals surface area (Å²) in [6, 6.07) is 10.4. The number of aromatic nitrogens is 2. The van der Waals surface area contributed by atoms with E-state index >= 15 is 0 Å². The molecule has 0 aliphatic carbocycles. The summed E-state index contributed by atoms with van der Waals surface area (Å²) in [5.41, 5.74) is 1.21. The third-order valence-electron chi connectivity index (χ3n) is 4.01. The van der Waals surface area contributed by atoms with E-state index < -0.39 is 0 Å². The van der Waals surface area contributed by atoms with Crippen LogP contribution < -0.4 is 4.90 Å². The highest BCUT2D eigenvalue weighted by Crippen LogP contribution is 2.28. The largest absolute Gasteiger partial charge is 0.372 e. The normalized spacial score (nSPS) is 22.5. The molecule has 4 nitrogen and oxygen atoms in total. The molecule has 2 heterocycles. The number of anilines is 1. The molecule has 21 heavy (non-hydrogen) atoms. The second kappa shape index (κ2) is 6.12. The van der Waals surface area contributed by atoms with Gasteiger partial charge in [-0.3, -0.25) is 0 Å². The van der Waals surface area contributed by atoms with Crippen LogP contribution in [0.15, 0.2) is 30.3 Å². The molecule has 0 saturated carbocycles. The van der Waals surface area contributed by atoms with Crippen molar-refractivity contribution in [2.24, 2.45) is 0 Å². The van der Waals surface area contributed by atoms with Crippen LogP contribution in [0.5, 0.6) is 0 Å². The number of benzene rings is 1. The van der Waals surface area contributed by atoms with E-state index in [9.17, 15) is 0 Å². The Balaban J connectivity index is 1.70. The molecule has 0 radical (unpaired) electrons. The molecule has 1 atom stereocenters. The molecular weight excluding hydrogens is 282 g/mol. The molecule has 112 valence electrons. The molecule has 1 saturated heterocycles. The lowest BCUT2D eigenvalue weighted by Gasteiger charge is -2.39. The molecule has 0 amide bonds. The lowest BCUT2D eigenvalue weighted by atomic mass is 10.0. The minimum atomic E-state index is -0.0660. The second-order valence-electron chi connectivity index (χ2n) is 5.71. The van der Waals surface area contributed by atoms with Crippen LogP contribution in [0.2, 0.25) is 0 Å². The van der Waals surface area contributed by atoms with Crippen LogP contribution in [0.1, 0.15) is 30.8 Å². The van der Waals surface area contributed by atoms with Crippen LogP contribution in [0.4, 0.5) is 5.13 Å². The topological polar surface area (TPSA) is 38.2 Å². The highest BCUT2D eigenvalue weighted by Gasteiger charge is 2.31. The van der Waals surface area contributed by atoms with Crippen LogP contribution in [-0.2, 0) is 11.2 Å². The summed E-state index contributed by atoms with van der Waals surface area (Å²) in [5.74, 6) is 0. The van der Waals surface area contributed by atoms with Gasteiger partial charge in [0.15, 0.2) is 0 Å². The first-order valence-corrected chi connectivity index (χ1v) is 8.25. The Morgan fingerprint density at radius 1 is 1.29 bits per heavy atom. The fourth-order valence-electron chi connectivity index (χ4n) is 2.52. The van der Waals surface area contributed by atoms with Gasteiger partial charge < -0.3 is 9.64 Å². The van der Waals surface area contributed by atoms with Gasteiger partial charge in [0.05, 0.1) is 12.2 Å². The van der Waals surface area contributed by atoms with Crippen molar-refractivity contribution in [2.75, 3.05) is 24.6 Å². The number of nitrogens with zero attached hydrogens (tertiary/aromatic N) is 3. The zero-order chi connectivity index (χ0) is 14.7. The van der Waals surface area contributed by atoms with Gasteiger partial charge in [0.25, 0.3) is 0 Å². The quantitative estimate of drug-likeness (QED) is 0.870. The van der Waals surface area contributed by atoms with Crippen molar-refractivity contribution >= 4 is 16.5 Å². The average molecular weight is 303 g/mol. The van der Waals surface area contributed by atoms with Crippen molar-refractivity contribution in [3.63, 3.8) is 0 Å². The van der Waals surface area contributed by atoms with Crippen LogP contribution in [0, 0.1) is 0 Å². The van der Waals surface area contributed by atoms with Crippen LogP contribution >= 0.6 is 11.3 Å². The van der Waals surface area contributed by atoms with Gasteiger partial charge in [0.2, 0.25) is 5.13 Å². The number of morpholine rings is 1. The van der Waals surface area contributed by atoms with E-state index in [1.54, 1.807) is 11.3 Å². The van der Waals surface area contributed by atoms with Crippen molar-refractivity contribution in [1.82, 2.24) is 10.2 Å². The number of hydrogen-bond donors (Lipinski definition) is 0. The summed E-state index contributed by atoms with van der Waals surface area (Å²) in [4.78, 5) is 2.30. The summed E-state index contributed by atoms with van der Waals surface area (Å²) in [6.07, 6.45) is 1.87. The minimum Gasteiger partial charge on any atom is -0.372 e. The third-order valence-corrected chi connectivity index (χ3v) is 4.99. The first kappa shape index (κ1) is 14.5. The van der Waals surface area contributed by atoms with Gasteiger partial charge in [-0.1, -0.05) is 48.6 Å². The monoisotopic (exact) mass is 303 g/mol. The van der Waals surface area contributed by atoms with Gasteiger partial charge in [-0.2, -0.15) is 0 Å². The Kier molecular flexibility index (Phi) is 4.22. The first-order valence-electron chi connectivity index (χ1n) is 7.44. The van der Waals surface area contributed by atoms with Gasteiger partial charge in [-0.25, -0.2) is 0 Å². The van der Waals surface area contributed by atoms with Crippen molar-refractivity contribution in [2.45, 2.75) is 32.3 Å². The smallest absolute Gasteiger partial charge is 0.208 e. The van der Waals surface area contributed by atoms with Crippen molar-refractivity contribution in [1.29, 1.82) is 0 Å². The second-order valence-corrected chi connectivity index (χ2v) is 6.75. The maximum absolute atomic E-state index is 5.88. The lowest BCUT2D eigenvalue weighted by Crippen LogP contribution is -2.49. The van der Waals surface area contributed by atoms with Crippen molar-refractivity contribution in [3.05, 3.63) is 40.9 Å². The molecule has 2 aromatic rings. The number of hydrogen-bond acceptors (Lipinski definition) is 5. The van der Waals surface area contributed by atoms with E-state index in [-0.39, 0.29) is 5.60 Å². The summed E-state index contributed by atoms with van der Waals surface area (Å²) in [6.45, 7) is 6.90. The summed E-state index contributed by atoms with van der Waals surface area (Å²) >= 11 is 1.69. The molecule has 0 spiro atoms. The van der Waals surface area contributed by atoms with E-state index in [0.717, 1.165) is 42.7 Å². The molecule has 1 aliphatic rings. The fourth-order valence-corrected chi connectivity index (χ4v) is 3.42. The van der Waals surface area contributed by atoms with E-state index in [1.807, 2.05) is 6.07 Å². The minimum absolute atomic E-state index is 0.0660. The van der Waals surface area contributed by atoms with E-state index in [4.69, 9.17) is 4.74 Å². The zero-order valence-corrected chi connectivity index (χ0v) is 13.4. The fraction of sp³-hybridized carbons (Fsp3) is 0.500. The molecule has 1 fully saturated rings. The predicted octanol–water partition coefficient (Wildman–Crippen LogP) is 3.13. The van der Waals surface area contributed by atoms with Crippen LogP contribution in [0.3, 0.4) is 0 Å². The lowest BCUT2D eigenvalue weighted by molar-refractivity contribution is -0.0441. The molecule has 0 N–H and O–H groups in total. The molecule has 3 rings (SSSR count). The van der Waals surface area contributed by atoms with Gasteiger partial charge in [0.1, 0.15) is 5.01 Å². The number of ether oxygens (including phenoxy) is 1.